The van der Waals surface area contributed by atoms with E-state index in [1.54, 1.807) is 30.0 Å². The van der Waals surface area contributed by atoms with E-state index in [1.807, 2.05) is 19.1 Å². The zero-order valence-corrected chi connectivity index (χ0v) is 17.1. The van der Waals surface area contributed by atoms with E-state index >= 15 is 0 Å². The maximum Gasteiger partial charge on any atom is 0.240 e. The highest BCUT2D eigenvalue weighted by molar-refractivity contribution is 7.89. The Morgan fingerprint density at radius 1 is 1.18 bits per heavy atom. The SMILES string of the molecule is CC(=O)N1c2ccc(S(=O)(=O)NCC3CCCc4ccccc43)cc2CC1C. The summed E-state index contributed by atoms with van der Waals surface area (Å²) < 4.78 is 28.6. The lowest BCUT2D eigenvalue weighted by atomic mass is 9.83. The van der Waals surface area contributed by atoms with Crippen molar-refractivity contribution in [2.75, 3.05) is 11.4 Å². The van der Waals surface area contributed by atoms with Crippen molar-refractivity contribution < 1.29 is 13.2 Å². The number of anilines is 1. The Kier molecular flexibility index (Phi) is 5.02. The number of sulfonamides is 1. The molecule has 148 valence electrons. The van der Waals surface area contributed by atoms with Crippen LogP contribution in [0.5, 0.6) is 0 Å². The van der Waals surface area contributed by atoms with Crippen LogP contribution in [0, 0.1) is 0 Å². The van der Waals surface area contributed by atoms with Crippen molar-refractivity contribution in [2.45, 2.75) is 56.4 Å². The molecule has 4 rings (SSSR count). The summed E-state index contributed by atoms with van der Waals surface area (Å²) in [5.74, 6) is 0.193. The minimum Gasteiger partial charge on any atom is -0.309 e. The summed E-state index contributed by atoms with van der Waals surface area (Å²) >= 11 is 0. The summed E-state index contributed by atoms with van der Waals surface area (Å²) in [6.07, 6.45) is 3.82. The van der Waals surface area contributed by atoms with Crippen LogP contribution in [0.25, 0.3) is 0 Å². The normalized spacial score (nSPS) is 21.3. The van der Waals surface area contributed by atoms with Gasteiger partial charge in [0.1, 0.15) is 0 Å². The van der Waals surface area contributed by atoms with Crippen LogP contribution in [0.4, 0.5) is 5.69 Å². The first-order valence-electron chi connectivity index (χ1n) is 9.87. The molecule has 5 nitrogen and oxygen atoms in total. The van der Waals surface area contributed by atoms with Gasteiger partial charge in [0.2, 0.25) is 15.9 Å². The molecule has 28 heavy (non-hydrogen) atoms. The van der Waals surface area contributed by atoms with Gasteiger partial charge in [0.05, 0.1) is 4.90 Å². The molecule has 1 aliphatic carbocycles. The van der Waals surface area contributed by atoms with Gasteiger partial charge >= 0.3 is 0 Å². The molecular weight excluding hydrogens is 372 g/mol. The zero-order valence-electron chi connectivity index (χ0n) is 16.3. The Bertz CT molecular complexity index is 1020. The molecule has 0 saturated carbocycles. The van der Waals surface area contributed by atoms with Crippen LogP contribution in [0.1, 0.15) is 49.3 Å². The van der Waals surface area contributed by atoms with Crippen LogP contribution in [0.2, 0.25) is 0 Å². The highest BCUT2D eigenvalue weighted by Crippen LogP contribution is 2.34. The largest absolute Gasteiger partial charge is 0.309 e. The summed E-state index contributed by atoms with van der Waals surface area (Å²) in [5, 5.41) is 0. The first-order valence-corrected chi connectivity index (χ1v) is 11.4. The molecule has 0 fully saturated rings. The second-order valence-electron chi connectivity index (χ2n) is 7.87. The number of fused-ring (bicyclic) bond motifs is 2. The van der Waals surface area contributed by atoms with Gasteiger partial charge in [-0.25, -0.2) is 13.1 Å². The summed E-state index contributed by atoms with van der Waals surface area (Å²) in [6.45, 7) is 3.93. The molecule has 1 aliphatic heterocycles. The summed E-state index contributed by atoms with van der Waals surface area (Å²) in [4.78, 5) is 13.9. The maximum absolute atomic E-state index is 12.9. The minimum absolute atomic E-state index is 0.0176. The molecule has 2 aliphatic rings. The lowest BCUT2D eigenvalue weighted by Gasteiger charge is -2.25. The number of hydrogen-bond donors (Lipinski definition) is 1. The van der Waals surface area contributed by atoms with E-state index in [0.717, 1.165) is 30.5 Å². The quantitative estimate of drug-likeness (QED) is 0.859. The number of rotatable bonds is 4. The molecular formula is C22H26N2O3S. The molecule has 6 heteroatoms. The van der Waals surface area contributed by atoms with E-state index in [0.29, 0.717) is 13.0 Å². The number of carbonyl (C=O) groups is 1. The van der Waals surface area contributed by atoms with E-state index in [-0.39, 0.29) is 22.8 Å². The lowest BCUT2D eigenvalue weighted by Crippen LogP contribution is -2.33. The van der Waals surface area contributed by atoms with Gasteiger partial charge in [0, 0.05) is 25.2 Å². The number of aryl methyl sites for hydroxylation is 1. The monoisotopic (exact) mass is 398 g/mol. The Balaban J connectivity index is 1.53. The predicted octanol–water partition coefficient (Wildman–Crippen LogP) is 3.38. The van der Waals surface area contributed by atoms with E-state index in [1.165, 1.54) is 11.1 Å². The fourth-order valence-electron chi connectivity index (χ4n) is 4.61. The number of amides is 1. The van der Waals surface area contributed by atoms with E-state index in [9.17, 15) is 13.2 Å². The van der Waals surface area contributed by atoms with E-state index < -0.39 is 10.0 Å². The first-order chi connectivity index (χ1) is 13.4. The van der Waals surface area contributed by atoms with Crippen LogP contribution >= 0.6 is 0 Å². The average Bonchev–Trinajstić information content (AvgIpc) is 3.01. The van der Waals surface area contributed by atoms with Gasteiger partial charge in [0.25, 0.3) is 0 Å². The third-order valence-corrected chi connectivity index (χ3v) is 7.35. The number of hydrogen-bond acceptors (Lipinski definition) is 3. The highest BCUT2D eigenvalue weighted by Gasteiger charge is 2.30. The molecule has 0 aromatic heterocycles. The van der Waals surface area contributed by atoms with Crippen molar-refractivity contribution in [2.24, 2.45) is 0 Å². The van der Waals surface area contributed by atoms with Crippen LogP contribution in [-0.2, 0) is 27.7 Å². The molecule has 2 aromatic rings. The second-order valence-corrected chi connectivity index (χ2v) is 9.64. The molecule has 0 radical (unpaired) electrons. The van der Waals surface area contributed by atoms with Crippen molar-refractivity contribution in [3.8, 4) is 0 Å². The van der Waals surface area contributed by atoms with Gasteiger partial charge in [0.15, 0.2) is 0 Å². The van der Waals surface area contributed by atoms with Crippen LogP contribution in [0.15, 0.2) is 47.4 Å². The van der Waals surface area contributed by atoms with E-state index in [2.05, 4.69) is 16.9 Å². The van der Waals surface area contributed by atoms with Crippen LogP contribution in [0.3, 0.4) is 0 Å². The summed E-state index contributed by atoms with van der Waals surface area (Å²) in [5.41, 5.74) is 4.32. The van der Waals surface area contributed by atoms with Gasteiger partial charge in [-0.05, 0) is 73.4 Å². The molecule has 0 spiro atoms. The topological polar surface area (TPSA) is 66.5 Å². The van der Waals surface area contributed by atoms with Crippen molar-refractivity contribution in [3.63, 3.8) is 0 Å². The van der Waals surface area contributed by atoms with Gasteiger partial charge in [-0.2, -0.15) is 0 Å². The third kappa shape index (κ3) is 3.47. The standard InChI is InChI=1S/C22H26N2O3S/c1-15-12-19-13-20(10-11-22(19)24(15)16(2)25)28(26,27)23-14-18-8-5-7-17-6-3-4-9-21(17)18/h3-4,6,9-11,13,15,18,23H,5,7-8,12,14H2,1-2H3. The molecule has 1 heterocycles. The van der Waals surface area contributed by atoms with Crippen molar-refractivity contribution in [3.05, 3.63) is 59.2 Å². The molecule has 2 atom stereocenters. The van der Waals surface area contributed by atoms with Crippen molar-refractivity contribution in [1.29, 1.82) is 0 Å². The maximum atomic E-state index is 12.9. The predicted molar refractivity (Wildman–Crippen MR) is 110 cm³/mol. The highest BCUT2D eigenvalue weighted by atomic mass is 32.2. The fourth-order valence-corrected chi connectivity index (χ4v) is 5.75. The van der Waals surface area contributed by atoms with Gasteiger partial charge < -0.3 is 4.90 Å². The first kappa shape index (κ1) is 19.2. The zero-order chi connectivity index (χ0) is 19.9. The Morgan fingerprint density at radius 2 is 1.96 bits per heavy atom. The number of benzene rings is 2. The molecule has 2 unspecified atom stereocenters. The molecule has 2 aromatic carbocycles. The van der Waals surface area contributed by atoms with E-state index in [4.69, 9.17) is 0 Å². The Morgan fingerprint density at radius 3 is 2.75 bits per heavy atom. The van der Waals surface area contributed by atoms with Gasteiger partial charge in [-0.15, -0.1) is 0 Å². The fraction of sp³-hybridized carbons (Fsp3) is 0.409. The van der Waals surface area contributed by atoms with Crippen LogP contribution < -0.4 is 9.62 Å². The van der Waals surface area contributed by atoms with Crippen molar-refractivity contribution in [1.82, 2.24) is 4.72 Å². The summed E-state index contributed by atoms with van der Waals surface area (Å²) in [7, 11) is -3.59. The smallest absolute Gasteiger partial charge is 0.240 e. The summed E-state index contributed by atoms with van der Waals surface area (Å²) in [6, 6.07) is 13.4. The minimum atomic E-state index is -3.59. The molecule has 0 bridgehead atoms. The number of nitrogens with zero attached hydrogens (tertiary/aromatic N) is 1. The molecule has 0 saturated heterocycles. The number of carbonyl (C=O) groups excluding carboxylic acids is 1. The van der Waals surface area contributed by atoms with Crippen molar-refractivity contribution >= 4 is 21.6 Å². The van der Waals surface area contributed by atoms with Gasteiger partial charge in [-0.3, -0.25) is 4.79 Å². The number of nitrogens with one attached hydrogen (secondary N) is 1. The Labute approximate surface area is 166 Å². The molecule has 1 N–H and O–H groups in total. The lowest BCUT2D eigenvalue weighted by molar-refractivity contribution is -0.116. The Hall–Kier alpha value is -2.18. The third-order valence-electron chi connectivity index (χ3n) is 5.93. The second kappa shape index (κ2) is 7.33. The van der Waals surface area contributed by atoms with Gasteiger partial charge in [-0.1, -0.05) is 24.3 Å². The molecule has 1 amide bonds. The average molecular weight is 399 g/mol. The van der Waals surface area contributed by atoms with Crippen LogP contribution in [-0.4, -0.2) is 26.9 Å².